The number of likely N-dealkylation sites (tertiary alicyclic amines) is 1. The largest absolute Gasteiger partial charge is 0.467 e. The van der Waals surface area contributed by atoms with Crippen molar-refractivity contribution in [3.8, 4) is 0 Å². The van der Waals surface area contributed by atoms with Crippen molar-refractivity contribution in [1.82, 2.24) is 10.2 Å². The lowest BCUT2D eigenvalue weighted by molar-refractivity contribution is -0.147. The Hall–Kier alpha value is -1.81. The zero-order chi connectivity index (χ0) is 24.5. The van der Waals surface area contributed by atoms with Gasteiger partial charge in [0, 0.05) is 19.4 Å². The fraction of sp³-hybridized carbons (Fsp3) is 0.864. The van der Waals surface area contributed by atoms with Crippen LogP contribution in [0.4, 0.5) is 4.79 Å². The average Bonchev–Trinajstić information content (AvgIpc) is 3.06. The minimum atomic E-state index is -0.843. The van der Waals surface area contributed by atoms with Crippen LogP contribution in [0.15, 0.2) is 0 Å². The van der Waals surface area contributed by atoms with E-state index < -0.39 is 34.9 Å². The zero-order valence-corrected chi connectivity index (χ0v) is 20.9. The van der Waals surface area contributed by atoms with Gasteiger partial charge < -0.3 is 24.1 Å². The van der Waals surface area contributed by atoms with Crippen LogP contribution in [0.5, 0.6) is 0 Å². The van der Waals surface area contributed by atoms with Gasteiger partial charge in [0.1, 0.15) is 11.6 Å². The molecule has 0 spiro atoms. The Morgan fingerprint density at radius 1 is 1.12 bits per heavy atom. The van der Waals surface area contributed by atoms with Crippen LogP contribution in [0.2, 0.25) is 6.32 Å². The van der Waals surface area contributed by atoms with Crippen LogP contribution in [0.1, 0.15) is 68.2 Å². The first-order chi connectivity index (χ1) is 14.6. The van der Waals surface area contributed by atoms with Crippen LogP contribution in [-0.2, 0) is 28.4 Å². The Labute approximate surface area is 192 Å². The summed E-state index contributed by atoms with van der Waals surface area (Å²) in [6, 6.07) is -1.23. The van der Waals surface area contributed by atoms with E-state index in [2.05, 4.69) is 5.32 Å². The molecule has 0 bridgehead atoms. The molecule has 0 unspecified atom stereocenters. The summed E-state index contributed by atoms with van der Waals surface area (Å²) in [7, 11) is 0.946. The molecule has 0 saturated carbocycles. The molecule has 0 aromatic carbocycles. The van der Waals surface area contributed by atoms with Gasteiger partial charge in [0.15, 0.2) is 0 Å². The van der Waals surface area contributed by atoms with Crippen molar-refractivity contribution >= 4 is 25.1 Å². The maximum absolute atomic E-state index is 12.8. The molecule has 2 fully saturated rings. The Morgan fingerprint density at radius 3 is 2.16 bits per heavy atom. The van der Waals surface area contributed by atoms with E-state index in [-0.39, 0.29) is 31.5 Å². The van der Waals surface area contributed by atoms with Gasteiger partial charge in [0.2, 0.25) is 5.91 Å². The van der Waals surface area contributed by atoms with Crippen LogP contribution >= 0.6 is 0 Å². The third-order valence-corrected chi connectivity index (χ3v) is 6.39. The van der Waals surface area contributed by atoms with Crippen molar-refractivity contribution in [2.75, 3.05) is 13.7 Å². The summed E-state index contributed by atoms with van der Waals surface area (Å²) < 4.78 is 22.6. The van der Waals surface area contributed by atoms with Crippen molar-refractivity contribution in [3.05, 3.63) is 0 Å². The van der Waals surface area contributed by atoms with Crippen LogP contribution in [0, 0.1) is 5.92 Å². The molecule has 182 valence electrons. The monoisotopic (exact) mass is 454 g/mol. The first-order valence-corrected chi connectivity index (χ1v) is 11.3. The highest BCUT2D eigenvalue weighted by Crippen LogP contribution is 2.39. The van der Waals surface area contributed by atoms with Gasteiger partial charge in [0.05, 0.1) is 24.4 Å². The number of amides is 2. The number of carbonyl (C=O) groups is 3. The van der Waals surface area contributed by atoms with E-state index in [9.17, 15) is 14.4 Å². The minimum absolute atomic E-state index is 0.176. The third-order valence-electron chi connectivity index (χ3n) is 6.39. The predicted octanol–water partition coefficient (Wildman–Crippen LogP) is 2.77. The van der Waals surface area contributed by atoms with E-state index in [0.717, 1.165) is 0 Å². The maximum atomic E-state index is 12.8. The summed E-state index contributed by atoms with van der Waals surface area (Å²) in [5.74, 6) is -1.06. The zero-order valence-electron chi connectivity index (χ0n) is 20.9. The number of nitrogens with one attached hydrogen (secondary N) is 1. The molecule has 2 rings (SSSR count). The Morgan fingerprint density at radius 2 is 1.69 bits per heavy atom. The van der Waals surface area contributed by atoms with Gasteiger partial charge in [-0.2, -0.15) is 0 Å². The summed E-state index contributed by atoms with van der Waals surface area (Å²) in [4.78, 5) is 38.7. The molecule has 0 aromatic rings. The maximum Gasteiger partial charge on any atom is 0.457 e. The molecular formula is C22H39BN2O7. The molecular weight excluding hydrogens is 415 g/mol. The number of rotatable bonds is 6. The molecule has 3 atom stereocenters. The third kappa shape index (κ3) is 6.16. The predicted molar refractivity (Wildman–Crippen MR) is 120 cm³/mol. The van der Waals surface area contributed by atoms with Gasteiger partial charge in [-0.25, -0.2) is 9.59 Å². The van der Waals surface area contributed by atoms with Gasteiger partial charge >= 0.3 is 19.2 Å². The molecule has 2 aliphatic rings. The molecule has 10 heteroatoms. The van der Waals surface area contributed by atoms with Gasteiger partial charge in [-0.1, -0.05) is 6.42 Å². The number of carbonyl (C=O) groups excluding carboxylic acids is 3. The summed E-state index contributed by atoms with van der Waals surface area (Å²) in [5.41, 5.74) is -1.53. The van der Waals surface area contributed by atoms with Crippen LogP contribution in [0.25, 0.3) is 0 Å². The highest BCUT2D eigenvalue weighted by molar-refractivity contribution is 6.45. The molecule has 0 aromatic heterocycles. The second-order valence-corrected chi connectivity index (χ2v) is 10.7. The standard InChI is InChI=1S/C22H39BN2O7/c1-14(26)24-16-13-25(19(28)30-20(2,3)4)17(18(27)29-9)15(16)11-10-12-23-31-21(5,6)22(7,8)32-23/h15-17H,10-13H2,1-9H3,(H,24,26)/t15-,16+,17+/m1/s1. The van der Waals surface area contributed by atoms with E-state index in [4.69, 9.17) is 18.8 Å². The highest BCUT2D eigenvalue weighted by atomic mass is 16.7. The molecule has 2 heterocycles. The summed E-state index contributed by atoms with van der Waals surface area (Å²) >= 11 is 0. The topological polar surface area (TPSA) is 103 Å². The van der Waals surface area contributed by atoms with Gasteiger partial charge in [0.25, 0.3) is 0 Å². The van der Waals surface area contributed by atoms with Crippen molar-refractivity contribution in [2.24, 2.45) is 5.92 Å². The fourth-order valence-electron chi connectivity index (χ4n) is 4.22. The van der Waals surface area contributed by atoms with Gasteiger partial charge in [-0.3, -0.25) is 9.69 Å². The molecule has 2 amide bonds. The van der Waals surface area contributed by atoms with Crippen LogP contribution < -0.4 is 5.32 Å². The lowest BCUT2D eigenvalue weighted by atomic mass is 9.79. The van der Waals surface area contributed by atoms with Crippen LogP contribution in [-0.4, -0.2) is 72.5 Å². The summed E-state index contributed by atoms with van der Waals surface area (Å²) in [5, 5.41) is 2.89. The number of methoxy groups -OCH3 is 1. The van der Waals surface area contributed by atoms with Gasteiger partial charge in [-0.05, 0) is 61.2 Å². The number of nitrogens with zero attached hydrogens (tertiary/aromatic N) is 1. The molecule has 0 aliphatic carbocycles. The Balaban J connectivity index is 2.15. The average molecular weight is 454 g/mol. The second-order valence-electron chi connectivity index (χ2n) is 10.7. The highest BCUT2D eigenvalue weighted by Gasteiger charge is 2.52. The lowest BCUT2D eigenvalue weighted by Crippen LogP contribution is -2.46. The molecule has 2 saturated heterocycles. The first-order valence-electron chi connectivity index (χ1n) is 11.3. The molecule has 2 aliphatic heterocycles. The Bertz CT molecular complexity index is 704. The molecule has 0 radical (unpaired) electrons. The van der Waals surface area contributed by atoms with Crippen molar-refractivity contribution < 1.29 is 33.2 Å². The smallest absolute Gasteiger partial charge is 0.457 e. The normalized spacial score (nSPS) is 26.7. The molecule has 32 heavy (non-hydrogen) atoms. The second kappa shape index (κ2) is 9.59. The molecule has 9 nitrogen and oxygen atoms in total. The number of ether oxygens (including phenoxy) is 2. The van der Waals surface area contributed by atoms with E-state index in [0.29, 0.717) is 19.2 Å². The van der Waals surface area contributed by atoms with Crippen molar-refractivity contribution in [1.29, 1.82) is 0 Å². The minimum Gasteiger partial charge on any atom is -0.467 e. The van der Waals surface area contributed by atoms with Gasteiger partial charge in [-0.15, -0.1) is 0 Å². The van der Waals surface area contributed by atoms with E-state index in [1.807, 2.05) is 27.7 Å². The first kappa shape index (κ1) is 26.4. The lowest BCUT2D eigenvalue weighted by Gasteiger charge is -2.32. The van der Waals surface area contributed by atoms with E-state index in [1.165, 1.54) is 18.9 Å². The van der Waals surface area contributed by atoms with E-state index >= 15 is 0 Å². The molecule has 1 N–H and O–H groups in total. The summed E-state index contributed by atoms with van der Waals surface area (Å²) in [6.07, 6.45) is 1.30. The fourth-order valence-corrected chi connectivity index (χ4v) is 4.22. The van der Waals surface area contributed by atoms with E-state index in [1.54, 1.807) is 20.8 Å². The number of hydrogen-bond donors (Lipinski definition) is 1. The quantitative estimate of drug-likeness (QED) is 0.486. The van der Waals surface area contributed by atoms with Crippen LogP contribution in [0.3, 0.4) is 0 Å². The SMILES string of the molecule is COC(=O)[C@@H]1[C@H](CCCB2OC(C)(C)C(C)(C)O2)[C@@H](NC(C)=O)CN1C(=O)OC(C)(C)C. The Kier molecular flexibility index (Phi) is 7.93. The number of esters is 1. The van der Waals surface area contributed by atoms with Crippen molar-refractivity contribution in [2.45, 2.75) is 103 Å². The van der Waals surface area contributed by atoms with Crippen molar-refractivity contribution in [3.63, 3.8) is 0 Å². The summed E-state index contributed by atoms with van der Waals surface area (Å²) in [6.45, 7) is 14.9. The number of hydrogen-bond acceptors (Lipinski definition) is 7.